The van der Waals surface area contributed by atoms with Crippen molar-refractivity contribution in [2.24, 2.45) is 5.73 Å². The molecule has 4 heteroatoms. The lowest BCUT2D eigenvalue weighted by molar-refractivity contribution is 0.179. The molecule has 0 amide bonds. The SMILES string of the molecule is COCCC(N)CN(C)CCCN(C)C. The van der Waals surface area contributed by atoms with Crippen LogP contribution in [0.2, 0.25) is 0 Å². The monoisotopic (exact) mass is 217 g/mol. The van der Waals surface area contributed by atoms with Crippen LogP contribution >= 0.6 is 0 Å². The summed E-state index contributed by atoms with van der Waals surface area (Å²) in [6, 6.07) is 0.231. The lowest BCUT2D eigenvalue weighted by Gasteiger charge is -2.21. The molecule has 4 nitrogen and oxygen atoms in total. The van der Waals surface area contributed by atoms with Crippen molar-refractivity contribution in [2.45, 2.75) is 18.9 Å². The first kappa shape index (κ1) is 14.8. The second-order valence-corrected chi connectivity index (χ2v) is 4.46. The molecule has 0 aromatic heterocycles. The van der Waals surface area contributed by atoms with Crippen LogP contribution in [0.4, 0.5) is 0 Å². The van der Waals surface area contributed by atoms with E-state index >= 15 is 0 Å². The summed E-state index contributed by atoms with van der Waals surface area (Å²) in [5.74, 6) is 0. The lowest BCUT2D eigenvalue weighted by atomic mass is 10.2. The molecule has 1 atom stereocenters. The Labute approximate surface area is 94.4 Å². The minimum atomic E-state index is 0.231. The number of likely N-dealkylation sites (N-methyl/N-ethyl adjacent to an activating group) is 1. The quantitative estimate of drug-likeness (QED) is 0.600. The zero-order valence-corrected chi connectivity index (χ0v) is 10.7. The van der Waals surface area contributed by atoms with Gasteiger partial charge in [-0.2, -0.15) is 0 Å². The molecule has 1 unspecified atom stereocenters. The van der Waals surface area contributed by atoms with Gasteiger partial charge in [-0.15, -0.1) is 0 Å². The highest BCUT2D eigenvalue weighted by molar-refractivity contribution is 4.66. The molecule has 15 heavy (non-hydrogen) atoms. The van der Waals surface area contributed by atoms with E-state index in [1.165, 1.54) is 6.42 Å². The van der Waals surface area contributed by atoms with Crippen LogP contribution in [0.1, 0.15) is 12.8 Å². The van der Waals surface area contributed by atoms with E-state index in [1.54, 1.807) is 7.11 Å². The van der Waals surface area contributed by atoms with Crippen molar-refractivity contribution in [3.8, 4) is 0 Å². The molecule has 0 aromatic rings. The highest BCUT2D eigenvalue weighted by Crippen LogP contribution is 1.95. The fourth-order valence-corrected chi connectivity index (χ4v) is 1.51. The molecule has 0 aromatic carbocycles. The van der Waals surface area contributed by atoms with Gasteiger partial charge in [0.1, 0.15) is 0 Å². The maximum Gasteiger partial charge on any atom is 0.0477 e. The van der Waals surface area contributed by atoms with Crippen LogP contribution in [-0.2, 0) is 4.74 Å². The third kappa shape index (κ3) is 10.1. The van der Waals surface area contributed by atoms with Crippen LogP contribution in [-0.4, -0.2) is 70.3 Å². The van der Waals surface area contributed by atoms with Crippen molar-refractivity contribution in [2.75, 3.05) is 54.5 Å². The first-order chi connectivity index (χ1) is 7.06. The number of hydrogen-bond donors (Lipinski definition) is 1. The van der Waals surface area contributed by atoms with Gasteiger partial charge in [0, 0.05) is 26.3 Å². The van der Waals surface area contributed by atoms with E-state index in [4.69, 9.17) is 10.5 Å². The van der Waals surface area contributed by atoms with Gasteiger partial charge < -0.3 is 20.3 Å². The summed E-state index contributed by atoms with van der Waals surface area (Å²) >= 11 is 0. The average molecular weight is 217 g/mol. The average Bonchev–Trinajstić information content (AvgIpc) is 2.14. The van der Waals surface area contributed by atoms with Crippen LogP contribution in [0.15, 0.2) is 0 Å². The number of nitrogens with zero attached hydrogens (tertiary/aromatic N) is 2. The van der Waals surface area contributed by atoms with Gasteiger partial charge in [0.2, 0.25) is 0 Å². The Morgan fingerprint density at radius 1 is 1.20 bits per heavy atom. The summed E-state index contributed by atoms with van der Waals surface area (Å²) < 4.78 is 5.00. The van der Waals surface area contributed by atoms with E-state index in [2.05, 4.69) is 30.9 Å². The maximum atomic E-state index is 5.96. The zero-order valence-electron chi connectivity index (χ0n) is 10.7. The predicted octanol–water partition coefficient (Wildman–Crippen LogP) is 0.234. The molecular formula is C11H27N3O. The summed E-state index contributed by atoms with van der Waals surface area (Å²) in [5.41, 5.74) is 5.96. The molecule has 0 fully saturated rings. The van der Waals surface area contributed by atoms with E-state index in [0.717, 1.165) is 32.7 Å². The molecular weight excluding hydrogens is 190 g/mol. The molecule has 92 valence electrons. The van der Waals surface area contributed by atoms with Gasteiger partial charge >= 0.3 is 0 Å². The Kier molecular flexibility index (Phi) is 9.00. The summed E-state index contributed by atoms with van der Waals surface area (Å²) in [7, 11) is 8.05. The molecule has 0 aliphatic heterocycles. The van der Waals surface area contributed by atoms with Crippen molar-refractivity contribution < 1.29 is 4.74 Å². The summed E-state index contributed by atoms with van der Waals surface area (Å²) in [5, 5.41) is 0. The summed E-state index contributed by atoms with van der Waals surface area (Å²) in [4.78, 5) is 4.50. The van der Waals surface area contributed by atoms with Gasteiger partial charge in [0.15, 0.2) is 0 Å². The first-order valence-corrected chi connectivity index (χ1v) is 5.64. The molecule has 0 radical (unpaired) electrons. The molecule has 2 N–H and O–H groups in total. The molecule has 0 rings (SSSR count). The van der Waals surface area contributed by atoms with E-state index in [-0.39, 0.29) is 6.04 Å². The second kappa shape index (κ2) is 9.09. The molecule has 0 spiro atoms. The normalized spacial score (nSPS) is 13.8. The highest BCUT2D eigenvalue weighted by Gasteiger charge is 2.06. The molecule has 0 saturated carbocycles. The highest BCUT2D eigenvalue weighted by atomic mass is 16.5. The molecule has 0 saturated heterocycles. The zero-order chi connectivity index (χ0) is 11.7. The van der Waals surface area contributed by atoms with Gasteiger partial charge in [-0.3, -0.25) is 0 Å². The van der Waals surface area contributed by atoms with E-state index < -0.39 is 0 Å². The molecule has 0 bridgehead atoms. The second-order valence-electron chi connectivity index (χ2n) is 4.46. The van der Waals surface area contributed by atoms with Crippen molar-refractivity contribution in [3.63, 3.8) is 0 Å². The van der Waals surface area contributed by atoms with Crippen LogP contribution in [0, 0.1) is 0 Å². The van der Waals surface area contributed by atoms with Crippen molar-refractivity contribution in [1.82, 2.24) is 9.80 Å². The third-order valence-electron chi connectivity index (χ3n) is 2.38. The van der Waals surface area contributed by atoms with Crippen LogP contribution < -0.4 is 5.73 Å². The van der Waals surface area contributed by atoms with Gasteiger partial charge in [0.25, 0.3) is 0 Å². The topological polar surface area (TPSA) is 41.7 Å². The molecule has 0 heterocycles. The van der Waals surface area contributed by atoms with Crippen molar-refractivity contribution >= 4 is 0 Å². The van der Waals surface area contributed by atoms with Crippen molar-refractivity contribution in [3.05, 3.63) is 0 Å². The maximum absolute atomic E-state index is 5.96. The van der Waals surface area contributed by atoms with Crippen molar-refractivity contribution in [1.29, 1.82) is 0 Å². The Hall–Kier alpha value is -0.160. The first-order valence-electron chi connectivity index (χ1n) is 5.64. The smallest absolute Gasteiger partial charge is 0.0477 e. The summed E-state index contributed by atoms with van der Waals surface area (Å²) in [6.45, 7) is 3.96. The van der Waals surface area contributed by atoms with E-state index in [9.17, 15) is 0 Å². The number of hydrogen-bond acceptors (Lipinski definition) is 4. The standard InChI is InChI=1S/C11H27N3O/c1-13(2)7-5-8-14(3)10-11(12)6-9-15-4/h11H,5-10,12H2,1-4H3. The van der Waals surface area contributed by atoms with E-state index in [0.29, 0.717) is 0 Å². The van der Waals surface area contributed by atoms with Crippen LogP contribution in [0.25, 0.3) is 0 Å². The number of rotatable bonds is 9. The fourth-order valence-electron chi connectivity index (χ4n) is 1.51. The minimum absolute atomic E-state index is 0.231. The molecule has 0 aliphatic carbocycles. The number of methoxy groups -OCH3 is 1. The van der Waals surface area contributed by atoms with Crippen LogP contribution in [0.3, 0.4) is 0 Å². The minimum Gasteiger partial charge on any atom is -0.385 e. The lowest BCUT2D eigenvalue weighted by Crippen LogP contribution is -2.37. The Balaban J connectivity index is 3.42. The van der Waals surface area contributed by atoms with Gasteiger partial charge in [-0.05, 0) is 47.1 Å². The largest absolute Gasteiger partial charge is 0.385 e. The van der Waals surface area contributed by atoms with Gasteiger partial charge in [-0.1, -0.05) is 0 Å². The van der Waals surface area contributed by atoms with Crippen LogP contribution in [0.5, 0.6) is 0 Å². The number of ether oxygens (including phenoxy) is 1. The predicted molar refractivity (Wildman–Crippen MR) is 65.1 cm³/mol. The van der Waals surface area contributed by atoms with Gasteiger partial charge in [0.05, 0.1) is 0 Å². The third-order valence-corrected chi connectivity index (χ3v) is 2.38. The van der Waals surface area contributed by atoms with E-state index in [1.807, 2.05) is 0 Å². The summed E-state index contributed by atoms with van der Waals surface area (Å²) in [6.07, 6.45) is 2.13. The number of nitrogens with two attached hydrogens (primary N) is 1. The Morgan fingerprint density at radius 3 is 2.40 bits per heavy atom. The molecule has 0 aliphatic rings. The van der Waals surface area contributed by atoms with Gasteiger partial charge in [-0.25, -0.2) is 0 Å². The Bertz CT molecular complexity index is 142. The Morgan fingerprint density at radius 2 is 1.87 bits per heavy atom. The fraction of sp³-hybridized carbons (Fsp3) is 1.00.